The van der Waals surface area contributed by atoms with Gasteiger partial charge in [-0.25, -0.2) is 4.39 Å². The van der Waals surface area contributed by atoms with Gasteiger partial charge in [-0.15, -0.1) is 0 Å². The second-order valence-electron chi connectivity index (χ2n) is 4.63. The lowest BCUT2D eigenvalue weighted by molar-refractivity contribution is 0.628. The van der Waals surface area contributed by atoms with Gasteiger partial charge in [0.2, 0.25) is 0 Å². The van der Waals surface area contributed by atoms with Crippen LogP contribution in [0.2, 0.25) is 0 Å². The molecule has 3 heteroatoms. The molecule has 18 heavy (non-hydrogen) atoms. The summed E-state index contributed by atoms with van der Waals surface area (Å²) in [4.78, 5) is 0. The average Bonchev–Trinajstić information content (AvgIpc) is 2.25. The predicted molar refractivity (Wildman–Crippen MR) is 74.7 cm³/mol. The molecule has 0 fully saturated rings. The molecule has 0 radical (unpaired) electrons. The molecule has 0 atom stereocenters. The first kappa shape index (κ1) is 12.4. The molecule has 0 saturated heterocycles. The van der Waals surface area contributed by atoms with Crippen LogP contribution in [0.4, 0.5) is 21.5 Å². The molecule has 0 spiro atoms. The van der Waals surface area contributed by atoms with Gasteiger partial charge in [0.15, 0.2) is 0 Å². The molecular formula is C15H17FN2. The normalized spacial score (nSPS) is 10.4. The van der Waals surface area contributed by atoms with E-state index >= 15 is 0 Å². The highest BCUT2D eigenvalue weighted by molar-refractivity contribution is 5.75. The number of rotatable bonds is 2. The number of benzene rings is 2. The van der Waals surface area contributed by atoms with Crippen LogP contribution in [0, 0.1) is 26.6 Å². The molecule has 0 amide bonds. The van der Waals surface area contributed by atoms with Crippen LogP contribution in [-0.4, -0.2) is 0 Å². The van der Waals surface area contributed by atoms with Gasteiger partial charge in [-0.2, -0.15) is 0 Å². The fraction of sp³-hybridized carbons (Fsp3) is 0.200. The van der Waals surface area contributed by atoms with Crippen molar-refractivity contribution in [2.75, 3.05) is 11.1 Å². The van der Waals surface area contributed by atoms with Gasteiger partial charge in [-0.05, 0) is 50.1 Å². The van der Waals surface area contributed by atoms with E-state index in [1.54, 1.807) is 6.07 Å². The quantitative estimate of drug-likeness (QED) is 0.781. The fourth-order valence-corrected chi connectivity index (χ4v) is 2.16. The van der Waals surface area contributed by atoms with Gasteiger partial charge in [-0.3, -0.25) is 0 Å². The van der Waals surface area contributed by atoms with E-state index < -0.39 is 0 Å². The number of aryl methyl sites for hydroxylation is 3. The van der Waals surface area contributed by atoms with Gasteiger partial charge in [0, 0.05) is 5.69 Å². The summed E-state index contributed by atoms with van der Waals surface area (Å²) in [5.41, 5.74) is 11.5. The SMILES string of the molecule is Cc1cc(C)c(Nc2ccc(F)cc2N)c(C)c1. The van der Waals surface area contributed by atoms with E-state index in [9.17, 15) is 4.39 Å². The largest absolute Gasteiger partial charge is 0.397 e. The molecule has 2 nitrogen and oxygen atoms in total. The zero-order chi connectivity index (χ0) is 13.3. The Morgan fingerprint density at radius 1 is 1.00 bits per heavy atom. The van der Waals surface area contributed by atoms with Crippen LogP contribution in [-0.2, 0) is 0 Å². The van der Waals surface area contributed by atoms with Crippen molar-refractivity contribution in [1.82, 2.24) is 0 Å². The Hall–Kier alpha value is -2.03. The lowest BCUT2D eigenvalue weighted by Gasteiger charge is -2.15. The van der Waals surface area contributed by atoms with Crippen molar-refractivity contribution in [2.24, 2.45) is 0 Å². The summed E-state index contributed by atoms with van der Waals surface area (Å²) in [7, 11) is 0. The van der Waals surface area contributed by atoms with Gasteiger partial charge in [-0.1, -0.05) is 17.7 Å². The molecule has 0 aliphatic carbocycles. The molecule has 0 saturated carbocycles. The maximum absolute atomic E-state index is 13.0. The Balaban J connectivity index is 2.40. The number of nitrogens with two attached hydrogens (primary N) is 1. The zero-order valence-electron chi connectivity index (χ0n) is 10.8. The molecule has 0 unspecified atom stereocenters. The summed E-state index contributed by atoms with van der Waals surface area (Å²) in [6, 6.07) is 8.59. The van der Waals surface area contributed by atoms with Gasteiger partial charge in [0.05, 0.1) is 11.4 Å². The minimum atomic E-state index is -0.324. The minimum Gasteiger partial charge on any atom is -0.397 e. The maximum Gasteiger partial charge on any atom is 0.125 e. The Morgan fingerprint density at radius 2 is 1.61 bits per heavy atom. The van der Waals surface area contributed by atoms with Crippen molar-refractivity contribution in [1.29, 1.82) is 0 Å². The zero-order valence-corrected chi connectivity index (χ0v) is 10.8. The van der Waals surface area contributed by atoms with E-state index in [1.807, 2.05) is 13.8 Å². The first-order chi connectivity index (χ1) is 8.47. The average molecular weight is 244 g/mol. The third-order valence-electron chi connectivity index (χ3n) is 2.95. The van der Waals surface area contributed by atoms with Crippen molar-refractivity contribution >= 4 is 17.1 Å². The topological polar surface area (TPSA) is 38.0 Å². The monoisotopic (exact) mass is 244 g/mol. The van der Waals surface area contributed by atoms with E-state index in [0.29, 0.717) is 5.69 Å². The number of halogens is 1. The lowest BCUT2D eigenvalue weighted by atomic mass is 10.0. The van der Waals surface area contributed by atoms with E-state index in [2.05, 4.69) is 24.4 Å². The third-order valence-corrected chi connectivity index (χ3v) is 2.95. The van der Waals surface area contributed by atoms with Crippen LogP contribution >= 0.6 is 0 Å². The highest BCUT2D eigenvalue weighted by atomic mass is 19.1. The molecule has 0 bridgehead atoms. The number of hydrogen-bond acceptors (Lipinski definition) is 2. The standard InChI is InChI=1S/C15H17FN2/c1-9-6-10(2)15(11(3)7-9)18-14-5-4-12(16)8-13(14)17/h4-8,18H,17H2,1-3H3. The molecule has 2 rings (SSSR count). The summed E-state index contributed by atoms with van der Waals surface area (Å²) in [5, 5.41) is 3.27. The number of anilines is 3. The Labute approximate surface area is 107 Å². The van der Waals surface area contributed by atoms with Crippen molar-refractivity contribution in [3.63, 3.8) is 0 Å². The second kappa shape index (κ2) is 4.69. The smallest absolute Gasteiger partial charge is 0.125 e. The fourth-order valence-electron chi connectivity index (χ4n) is 2.16. The van der Waals surface area contributed by atoms with Gasteiger partial charge in [0.25, 0.3) is 0 Å². The van der Waals surface area contributed by atoms with Crippen molar-refractivity contribution < 1.29 is 4.39 Å². The Bertz CT molecular complexity index is 568. The van der Waals surface area contributed by atoms with Crippen LogP contribution < -0.4 is 11.1 Å². The first-order valence-electron chi connectivity index (χ1n) is 5.87. The van der Waals surface area contributed by atoms with Gasteiger partial charge >= 0.3 is 0 Å². The van der Waals surface area contributed by atoms with Crippen molar-refractivity contribution in [3.05, 3.63) is 52.8 Å². The van der Waals surface area contributed by atoms with Crippen molar-refractivity contribution in [2.45, 2.75) is 20.8 Å². The Morgan fingerprint density at radius 3 is 2.17 bits per heavy atom. The molecule has 2 aromatic carbocycles. The third kappa shape index (κ3) is 2.45. The first-order valence-corrected chi connectivity index (χ1v) is 5.87. The van der Waals surface area contributed by atoms with Crippen LogP contribution in [0.3, 0.4) is 0 Å². The predicted octanol–water partition coefficient (Wildman–Crippen LogP) is 4.08. The summed E-state index contributed by atoms with van der Waals surface area (Å²) in [5.74, 6) is -0.324. The number of nitrogen functional groups attached to an aromatic ring is 1. The molecule has 0 aliphatic heterocycles. The molecule has 0 aromatic heterocycles. The highest BCUT2D eigenvalue weighted by Crippen LogP contribution is 2.29. The molecular weight excluding hydrogens is 227 g/mol. The van der Waals surface area contributed by atoms with Crippen molar-refractivity contribution in [3.8, 4) is 0 Å². The minimum absolute atomic E-state index is 0.324. The highest BCUT2D eigenvalue weighted by Gasteiger charge is 2.06. The Kier molecular flexibility index (Phi) is 3.24. The summed E-state index contributed by atoms with van der Waals surface area (Å²) in [6.45, 7) is 6.15. The number of nitrogens with one attached hydrogen (secondary N) is 1. The van der Waals surface area contributed by atoms with E-state index in [-0.39, 0.29) is 5.82 Å². The summed E-state index contributed by atoms with van der Waals surface area (Å²) >= 11 is 0. The molecule has 0 heterocycles. The van der Waals surface area contributed by atoms with Crippen LogP contribution in [0.1, 0.15) is 16.7 Å². The molecule has 0 aliphatic rings. The summed E-state index contributed by atoms with van der Waals surface area (Å²) < 4.78 is 13.0. The van der Waals surface area contributed by atoms with Crippen LogP contribution in [0.25, 0.3) is 0 Å². The molecule has 94 valence electrons. The van der Waals surface area contributed by atoms with Gasteiger partial charge < -0.3 is 11.1 Å². The van der Waals surface area contributed by atoms with E-state index in [1.165, 1.54) is 17.7 Å². The molecule has 2 aromatic rings. The van der Waals surface area contributed by atoms with E-state index in [4.69, 9.17) is 5.73 Å². The summed E-state index contributed by atoms with van der Waals surface area (Å²) in [6.07, 6.45) is 0. The van der Waals surface area contributed by atoms with Crippen LogP contribution in [0.5, 0.6) is 0 Å². The lowest BCUT2D eigenvalue weighted by Crippen LogP contribution is -2.00. The second-order valence-corrected chi connectivity index (χ2v) is 4.63. The van der Waals surface area contributed by atoms with Crippen LogP contribution in [0.15, 0.2) is 30.3 Å². The van der Waals surface area contributed by atoms with Gasteiger partial charge in [0.1, 0.15) is 5.82 Å². The van der Waals surface area contributed by atoms with E-state index in [0.717, 1.165) is 22.5 Å². The molecule has 3 N–H and O–H groups in total. The number of hydrogen-bond donors (Lipinski definition) is 2. The maximum atomic E-state index is 13.0.